The van der Waals surface area contributed by atoms with Gasteiger partial charge in [-0.1, -0.05) is 12.1 Å². The Bertz CT molecular complexity index is 550. The number of morpholine rings is 1. The highest BCUT2D eigenvalue weighted by Crippen LogP contribution is 2.27. The van der Waals surface area contributed by atoms with Gasteiger partial charge in [-0.3, -0.25) is 5.73 Å². The summed E-state index contributed by atoms with van der Waals surface area (Å²) in [7, 11) is 0. The second-order valence-electron chi connectivity index (χ2n) is 4.95. The fourth-order valence-electron chi connectivity index (χ4n) is 2.46. The number of nitrogens with one attached hydrogen (secondary N) is 1. The molecule has 2 aliphatic rings. The van der Waals surface area contributed by atoms with Crippen LogP contribution in [0.4, 0.5) is 5.69 Å². The van der Waals surface area contributed by atoms with Gasteiger partial charge in [0.05, 0.1) is 13.2 Å². The molecular weight excluding hydrogens is 254 g/mol. The molecular formula is C14H19N5O. The summed E-state index contributed by atoms with van der Waals surface area (Å²) in [5.41, 5.74) is 13.2. The van der Waals surface area contributed by atoms with E-state index in [0.717, 1.165) is 37.6 Å². The van der Waals surface area contributed by atoms with Crippen molar-refractivity contribution in [3.8, 4) is 0 Å². The van der Waals surface area contributed by atoms with Gasteiger partial charge >= 0.3 is 0 Å². The Labute approximate surface area is 118 Å². The van der Waals surface area contributed by atoms with Crippen LogP contribution in [0.5, 0.6) is 0 Å². The Kier molecular flexibility index (Phi) is 3.33. The maximum absolute atomic E-state index is 6.33. The van der Waals surface area contributed by atoms with E-state index in [9.17, 15) is 0 Å². The van der Waals surface area contributed by atoms with Crippen molar-refractivity contribution in [1.29, 1.82) is 0 Å². The summed E-state index contributed by atoms with van der Waals surface area (Å²) >= 11 is 0. The van der Waals surface area contributed by atoms with Gasteiger partial charge in [0.1, 0.15) is 0 Å². The number of hydrogen-bond donors (Lipinski definition) is 3. The van der Waals surface area contributed by atoms with Crippen molar-refractivity contribution in [2.24, 2.45) is 16.5 Å². The zero-order valence-electron chi connectivity index (χ0n) is 11.2. The van der Waals surface area contributed by atoms with E-state index in [4.69, 9.17) is 16.2 Å². The molecule has 6 nitrogen and oxygen atoms in total. The van der Waals surface area contributed by atoms with E-state index in [-0.39, 0.29) is 0 Å². The molecule has 1 unspecified atom stereocenters. The number of rotatable bonds is 2. The summed E-state index contributed by atoms with van der Waals surface area (Å²) in [6, 6.07) is 8.11. The first-order valence-corrected chi connectivity index (χ1v) is 6.69. The molecule has 6 heteroatoms. The van der Waals surface area contributed by atoms with Crippen molar-refractivity contribution >= 4 is 11.6 Å². The number of aliphatic imine (C=N–C) groups is 1. The summed E-state index contributed by atoms with van der Waals surface area (Å²) in [6.45, 7) is 3.30. The fraction of sp³-hybridized carbons (Fsp3) is 0.357. The van der Waals surface area contributed by atoms with Crippen molar-refractivity contribution < 1.29 is 4.74 Å². The van der Waals surface area contributed by atoms with E-state index in [1.54, 1.807) is 6.20 Å². The summed E-state index contributed by atoms with van der Waals surface area (Å²) in [4.78, 5) is 6.59. The predicted octanol–water partition coefficient (Wildman–Crippen LogP) is 0.0663. The molecule has 3 rings (SSSR count). The first kappa shape index (κ1) is 13.0. The highest BCUT2D eigenvalue weighted by atomic mass is 16.5. The number of benzene rings is 1. The van der Waals surface area contributed by atoms with Gasteiger partial charge in [-0.25, -0.2) is 4.99 Å². The lowest BCUT2D eigenvalue weighted by molar-refractivity contribution is 0.122. The van der Waals surface area contributed by atoms with E-state index in [2.05, 4.69) is 27.3 Å². The standard InChI is InChI=1S/C14H19N5O/c15-13-17-5-4-14(16,18-13)11-2-1-3-12(10-11)19-6-8-20-9-7-19/h1-5,10H,6-9,16H2,(H3,15,17,18). The SMILES string of the molecule is NC1=NC(N)(c2cccc(N3CCOCC3)c2)C=CN1. The van der Waals surface area contributed by atoms with Gasteiger partial charge in [0, 0.05) is 30.5 Å². The molecule has 20 heavy (non-hydrogen) atoms. The predicted molar refractivity (Wildman–Crippen MR) is 79.2 cm³/mol. The topological polar surface area (TPSA) is 88.9 Å². The average Bonchev–Trinajstić information content (AvgIpc) is 2.48. The van der Waals surface area contributed by atoms with Crippen LogP contribution in [-0.4, -0.2) is 32.3 Å². The minimum Gasteiger partial charge on any atom is -0.378 e. The summed E-state index contributed by atoms with van der Waals surface area (Å²) in [5.74, 6) is 0.326. The van der Waals surface area contributed by atoms with E-state index in [1.807, 2.05) is 18.2 Å². The zero-order chi connectivity index (χ0) is 14.0. The Morgan fingerprint density at radius 3 is 2.85 bits per heavy atom. The Hall–Kier alpha value is -2.05. The first-order chi connectivity index (χ1) is 9.67. The molecule has 2 heterocycles. The lowest BCUT2D eigenvalue weighted by Gasteiger charge is -2.31. The second-order valence-corrected chi connectivity index (χ2v) is 4.95. The molecule has 0 spiro atoms. The van der Waals surface area contributed by atoms with Crippen LogP contribution in [0.2, 0.25) is 0 Å². The van der Waals surface area contributed by atoms with E-state index < -0.39 is 5.66 Å². The highest BCUT2D eigenvalue weighted by Gasteiger charge is 2.26. The van der Waals surface area contributed by atoms with Crippen LogP contribution < -0.4 is 21.7 Å². The van der Waals surface area contributed by atoms with Gasteiger partial charge in [0.25, 0.3) is 0 Å². The molecule has 0 amide bonds. The Balaban J connectivity index is 1.91. The molecule has 1 saturated heterocycles. The number of anilines is 1. The molecule has 1 aromatic carbocycles. The van der Waals surface area contributed by atoms with Crippen molar-refractivity contribution in [2.45, 2.75) is 5.66 Å². The Morgan fingerprint density at radius 2 is 2.10 bits per heavy atom. The third-order valence-corrected chi connectivity index (χ3v) is 3.56. The molecule has 1 fully saturated rings. The highest BCUT2D eigenvalue weighted by molar-refractivity contribution is 5.80. The van der Waals surface area contributed by atoms with Crippen LogP contribution in [0.15, 0.2) is 41.5 Å². The van der Waals surface area contributed by atoms with Crippen molar-refractivity contribution in [3.63, 3.8) is 0 Å². The molecule has 106 valence electrons. The lowest BCUT2D eigenvalue weighted by Crippen LogP contribution is -2.42. The quantitative estimate of drug-likeness (QED) is 0.709. The van der Waals surface area contributed by atoms with Gasteiger partial charge in [-0.15, -0.1) is 0 Å². The second kappa shape index (κ2) is 5.15. The van der Waals surface area contributed by atoms with Crippen LogP contribution in [0.25, 0.3) is 0 Å². The smallest absolute Gasteiger partial charge is 0.195 e. The number of guanidine groups is 1. The minimum absolute atomic E-state index is 0.326. The van der Waals surface area contributed by atoms with Crippen LogP contribution >= 0.6 is 0 Å². The largest absolute Gasteiger partial charge is 0.378 e. The molecule has 5 N–H and O–H groups in total. The van der Waals surface area contributed by atoms with Gasteiger partial charge in [0.2, 0.25) is 0 Å². The molecule has 0 bridgehead atoms. The summed E-state index contributed by atoms with van der Waals surface area (Å²) in [5, 5.41) is 2.83. The van der Waals surface area contributed by atoms with Crippen LogP contribution in [0.1, 0.15) is 5.56 Å². The number of nitrogens with zero attached hydrogens (tertiary/aromatic N) is 2. The third kappa shape index (κ3) is 2.48. The average molecular weight is 273 g/mol. The molecule has 0 saturated carbocycles. The zero-order valence-corrected chi connectivity index (χ0v) is 11.2. The lowest BCUT2D eigenvalue weighted by atomic mass is 9.99. The molecule has 2 aliphatic heterocycles. The van der Waals surface area contributed by atoms with Crippen LogP contribution in [0, 0.1) is 0 Å². The van der Waals surface area contributed by atoms with Crippen molar-refractivity contribution in [2.75, 3.05) is 31.2 Å². The normalized spacial score (nSPS) is 26.1. The summed E-state index contributed by atoms with van der Waals surface area (Å²) in [6.07, 6.45) is 3.53. The molecule has 0 aromatic heterocycles. The van der Waals surface area contributed by atoms with Crippen LogP contribution in [0.3, 0.4) is 0 Å². The van der Waals surface area contributed by atoms with Crippen molar-refractivity contribution in [1.82, 2.24) is 5.32 Å². The van der Waals surface area contributed by atoms with Gasteiger partial charge < -0.3 is 20.7 Å². The monoisotopic (exact) mass is 273 g/mol. The molecule has 1 atom stereocenters. The van der Waals surface area contributed by atoms with Gasteiger partial charge in [-0.2, -0.15) is 0 Å². The third-order valence-electron chi connectivity index (χ3n) is 3.56. The number of hydrogen-bond acceptors (Lipinski definition) is 6. The maximum atomic E-state index is 6.33. The maximum Gasteiger partial charge on any atom is 0.195 e. The van der Waals surface area contributed by atoms with Gasteiger partial charge in [0.15, 0.2) is 11.6 Å². The van der Waals surface area contributed by atoms with E-state index >= 15 is 0 Å². The molecule has 0 radical (unpaired) electrons. The van der Waals surface area contributed by atoms with Crippen molar-refractivity contribution in [3.05, 3.63) is 42.1 Å². The number of ether oxygens (including phenoxy) is 1. The molecule has 1 aromatic rings. The van der Waals surface area contributed by atoms with E-state index in [1.165, 1.54) is 0 Å². The minimum atomic E-state index is -0.905. The fourth-order valence-corrected chi connectivity index (χ4v) is 2.46. The number of nitrogens with two attached hydrogens (primary N) is 2. The summed E-state index contributed by atoms with van der Waals surface area (Å²) < 4.78 is 5.38. The van der Waals surface area contributed by atoms with E-state index in [0.29, 0.717) is 5.96 Å². The molecule has 0 aliphatic carbocycles. The first-order valence-electron chi connectivity index (χ1n) is 6.69. The van der Waals surface area contributed by atoms with Crippen LogP contribution in [-0.2, 0) is 10.4 Å². The Morgan fingerprint density at radius 1 is 1.30 bits per heavy atom. The van der Waals surface area contributed by atoms with Gasteiger partial charge in [-0.05, 0) is 18.2 Å².